The average Bonchev–Trinajstić information content (AvgIpc) is 1.88. The standard InChI is InChI=1S/C8H10ClP/c1-2-6-3-4-7(10)5-8(6)9/h3-5H,2,10H2,1H3. The Labute approximate surface area is 68.8 Å². The smallest absolute Gasteiger partial charge is 0.0444 e. The first kappa shape index (κ1) is 8.04. The molecule has 10 heavy (non-hydrogen) atoms. The van der Waals surface area contributed by atoms with Crippen LogP contribution in [0, 0.1) is 0 Å². The van der Waals surface area contributed by atoms with Gasteiger partial charge >= 0.3 is 0 Å². The molecule has 0 N–H and O–H groups in total. The summed E-state index contributed by atoms with van der Waals surface area (Å²) in [5, 5.41) is 2.01. The molecule has 0 spiro atoms. The first-order valence-corrected chi connectivity index (χ1v) is 4.23. The predicted molar refractivity (Wildman–Crippen MR) is 50.2 cm³/mol. The maximum atomic E-state index is 5.92. The van der Waals surface area contributed by atoms with Crippen molar-refractivity contribution in [3.8, 4) is 0 Å². The molecule has 1 rings (SSSR count). The van der Waals surface area contributed by atoms with Gasteiger partial charge in [0.2, 0.25) is 0 Å². The third-order valence-electron chi connectivity index (χ3n) is 1.46. The molecule has 0 fully saturated rings. The number of hydrogen-bond acceptors (Lipinski definition) is 0. The van der Waals surface area contributed by atoms with E-state index in [2.05, 4.69) is 28.3 Å². The van der Waals surface area contributed by atoms with Crippen LogP contribution in [0.5, 0.6) is 0 Å². The van der Waals surface area contributed by atoms with Crippen molar-refractivity contribution in [2.45, 2.75) is 13.3 Å². The molecule has 0 aromatic heterocycles. The molecule has 0 heterocycles. The lowest BCUT2D eigenvalue weighted by Gasteiger charge is -1.99. The maximum absolute atomic E-state index is 5.92. The fourth-order valence-corrected chi connectivity index (χ4v) is 1.54. The number of benzene rings is 1. The van der Waals surface area contributed by atoms with Crippen LogP contribution in [0.4, 0.5) is 0 Å². The molecule has 1 aromatic rings. The first-order valence-electron chi connectivity index (χ1n) is 3.28. The Balaban J connectivity index is 3.07. The summed E-state index contributed by atoms with van der Waals surface area (Å²) >= 11 is 5.92. The molecule has 0 saturated carbocycles. The first-order chi connectivity index (χ1) is 4.74. The lowest BCUT2D eigenvalue weighted by atomic mass is 10.2. The summed E-state index contributed by atoms with van der Waals surface area (Å²) in [5.74, 6) is 0. The minimum absolute atomic E-state index is 0.870. The minimum atomic E-state index is 0.870. The van der Waals surface area contributed by atoms with Gasteiger partial charge in [-0.15, -0.1) is 9.24 Å². The van der Waals surface area contributed by atoms with Crippen LogP contribution in [0.2, 0.25) is 5.02 Å². The van der Waals surface area contributed by atoms with Crippen LogP contribution in [0.25, 0.3) is 0 Å². The molecule has 0 aliphatic heterocycles. The molecule has 54 valence electrons. The zero-order chi connectivity index (χ0) is 7.56. The highest BCUT2D eigenvalue weighted by Gasteiger charge is 1.95. The van der Waals surface area contributed by atoms with Gasteiger partial charge in [-0.1, -0.05) is 30.7 Å². The van der Waals surface area contributed by atoms with Gasteiger partial charge < -0.3 is 0 Å². The Bertz CT molecular complexity index is 233. The molecule has 0 aliphatic carbocycles. The molecule has 0 aliphatic rings. The Morgan fingerprint density at radius 1 is 1.50 bits per heavy atom. The van der Waals surface area contributed by atoms with Crippen molar-refractivity contribution in [1.29, 1.82) is 0 Å². The van der Waals surface area contributed by atoms with E-state index in [1.165, 1.54) is 5.56 Å². The zero-order valence-electron chi connectivity index (χ0n) is 5.89. The fourth-order valence-electron chi connectivity index (χ4n) is 0.850. The van der Waals surface area contributed by atoms with Crippen LogP contribution in [0.15, 0.2) is 18.2 Å². The van der Waals surface area contributed by atoms with Crippen molar-refractivity contribution >= 4 is 26.1 Å². The van der Waals surface area contributed by atoms with Gasteiger partial charge in [-0.25, -0.2) is 0 Å². The molecule has 1 atom stereocenters. The van der Waals surface area contributed by atoms with Crippen molar-refractivity contribution in [2.75, 3.05) is 0 Å². The zero-order valence-corrected chi connectivity index (χ0v) is 7.81. The maximum Gasteiger partial charge on any atom is 0.0444 e. The fraction of sp³-hybridized carbons (Fsp3) is 0.250. The summed E-state index contributed by atoms with van der Waals surface area (Å²) < 4.78 is 0. The van der Waals surface area contributed by atoms with Crippen LogP contribution in [-0.4, -0.2) is 0 Å². The van der Waals surface area contributed by atoms with E-state index >= 15 is 0 Å². The van der Waals surface area contributed by atoms with Crippen LogP contribution in [0.3, 0.4) is 0 Å². The Hall–Kier alpha value is -0.0600. The van der Waals surface area contributed by atoms with Crippen molar-refractivity contribution in [3.05, 3.63) is 28.8 Å². The van der Waals surface area contributed by atoms with Crippen molar-refractivity contribution in [3.63, 3.8) is 0 Å². The number of aryl methyl sites for hydroxylation is 1. The van der Waals surface area contributed by atoms with Gasteiger partial charge in [0.05, 0.1) is 0 Å². The Kier molecular flexibility index (Phi) is 2.71. The molecule has 0 radical (unpaired) electrons. The van der Waals surface area contributed by atoms with E-state index in [4.69, 9.17) is 11.6 Å². The second kappa shape index (κ2) is 3.37. The van der Waals surface area contributed by atoms with Crippen LogP contribution in [-0.2, 0) is 6.42 Å². The van der Waals surface area contributed by atoms with E-state index in [0.29, 0.717) is 0 Å². The van der Waals surface area contributed by atoms with Crippen molar-refractivity contribution < 1.29 is 0 Å². The summed E-state index contributed by atoms with van der Waals surface area (Å²) in [7, 11) is 2.62. The van der Waals surface area contributed by atoms with E-state index in [0.717, 1.165) is 16.7 Å². The quantitative estimate of drug-likeness (QED) is 0.571. The van der Waals surface area contributed by atoms with Crippen LogP contribution >= 0.6 is 20.8 Å². The van der Waals surface area contributed by atoms with Crippen molar-refractivity contribution in [1.82, 2.24) is 0 Å². The molecule has 0 amide bonds. The van der Waals surface area contributed by atoms with Crippen LogP contribution < -0.4 is 5.30 Å². The normalized spacial score (nSPS) is 9.90. The second-order valence-corrected chi connectivity index (χ2v) is 3.28. The van der Waals surface area contributed by atoms with E-state index in [1.807, 2.05) is 6.07 Å². The topological polar surface area (TPSA) is 0 Å². The van der Waals surface area contributed by atoms with Crippen LogP contribution in [0.1, 0.15) is 12.5 Å². The third kappa shape index (κ3) is 1.71. The van der Waals surface area contributed by atoms with Gasteiger partial charge in [-0.3, -0.25) is 0 Å². The molecule has 1 unspecified atom stereocenters. The Morgan fingerprint density at radius 2 is 2.20 bits per heavy atom. The number of halogens is 1. The molecule has 1 aromatic carbocycles. The molecular weight excluding hydrogens is 163 g/mol. The highest BCUT2D eigenvalue weighted by atomic mass is 35.5. The number of hydrogen-bond donors (Lipinski definition) is 0. The van der Waals surface area contributed by atoms with Gasteiger partial charge in [0.15, 0.2) is 0 Å². The van der Waals surface area contributed by atoms with Gasteiger partial charge in [-0.2, -0.15) is 0 Å². The summed E-state index contributed by atoms with van der Waals surface area (Å²) in [5.41, 5.74) is 1.22. The van der Waals surface area contributed by atoms with Crippen molar-refractivity contribution in [2.24, 2.45) is 0 Å². The predicted octanol–water partition coefficient (Wildman–Crippen LogP) is 2.40. The summed E-state index contributed by atoms with van der Waals surface area (Å²) in [6, 6.07) is 6.07. The van der Waals surface area contributed by atoms with E-state index < -0.39 is 0 Å². The highest BCUT2D eigenvalue weighted by molar-refractivity contribution is 7.27. The molecule has 2 heteroatoms. The molecular formula is C8H10ClP. The minimum Gasteiger partial charge on any atom is -0.106 e. The SMILES string of the molecule is CCc1ccc(P)cc1Cl. The van der Waals surface area contributed by atoms with E-state index in [1.54, 1.807) is 0 Å². The second-order valence-electron chi connectivity index (χ2n) is 2.20. The van der Waals surface area contributed by atoms with E-state index in [9.17, 15) is 0 Å². The van der Waals surface area contributed by atoms with Gasteiger partial charge in [0, 0.05) is 5.02 Å². The lowest BCUT2D eigenvalue weighted by molar-refractivity contribution is 1.14. The highest BCUT2D eigenvalue weighted by Crippen LogP contribution is 2.14. The molecule has 0 saturated heterocycles. The monoisotopic (exact) mass is 172 g/mol. The summed E-state index contributed by atoms with van der Waals surface area (Å²) in [6.07, 6.45) is 1.00. The largest absolute Gasteiger partial charge is 0.106 e. The van der Waals surface area contributed by atoms with E-state index in [-0.39, 0.29) is 0 Å². The number of rotatable bonds is 1. The third-order valence-corrected chi connectivity index (χ3v) is 2.17. The van der Waals surface area contributed by atoms with Gasteiger partial charge in [0.25, 0.3) is 0 Å². The average molecular weight is 173 g/mol. The lowest BCUT2D eigenvalue weighted by Crippen LogP contribution is -1.91. The molecule has 0 nitrogen and oxygen atoms in total. The summed E-state index contributed by atoms with van der Waals surface area (Å²) in [4.78, 5) is 0. The van der Waals surface area contributed by atoms with Gasteiger partial charge in [0.1, 0.15) is 0 Å². The molecule has 0 bridgehead atoms. The van der Waals surface area contributed by atoms with Gasteiger partial charge in [-0.05, 0) is 23.4 Å². The Morgan fingerprint density at radius 3 is 2.70 bits per heavy atom. The summed E-state index contributed by atoms with van der Waals surface area (Å²) in [6.45, 7) is 2.10.